The third kappa shape index (κ3) is 1.40. The van der Waals surface area contributed by atoms with Crippen molar-refractivity contribution >= 4 is 40.2 Å². The fraction of sp³-hybridized carbons (Fsp3) is 0. The minimum Gasteiger partial charge on any atom is -0.476 e. The Bertz CT molecular complexity index is 478. The van der Waals surface area contributed by atoms with E-state index < -0.39 is 5.97 Å². The summed E-state index contributed by atoms with van der Waals surface area (Å²) >= 11 is 5.34. The van der Waals surface area contributed by atoms with Crippen molar-refractivity contribution in [2.45, 2.75) is 4.90 Å². The van der Waals surface area contributed by atoms with E-state index in [-0.39, 0.29) is 5.01 Å². The normalized spacial score (nSPS) is 10.5. The predicted octanol–water partition coefficient (Wildman–Crippen LogP) is 2.28. The molecule has 0 atom stereocenters. The molecule has 0 radical (unpaired) electrons. The molecule has 13 heavy (non-hydrogen) atoms. The highest BCUT2D eigenvalue weighted by Crippen LogP contribution is 2.26. The number of carbonyl (C=O) groups is 1. The van der Waals surface area contributed by atoms with E-state index in [1.807, 2.05) is 12.1 Å². The van der Waals surface area contributed by atoms with Crippen LogP contribution >= 0.6 is 24.0 Å². The van der Waals surface area contributed by atoms with Gasteiger partial charge >= 0.3 is 5.97 Å². The van der Waals surface area contributed by atoms with Gasteiger partial charge in [-0.2, -0.15) is 0 Å². The lowest BCUT2D eigenvalue weighted by atomic mass is 10.3. The maximum atomic E-state index is 10.6. The molecule has 0 unspecified atom stereocenters. The lowest BCUT2D eigenvalue weighted by Gasteiger charge is -1.89. The van der Waals surface area contributed by atoms with Crippen LogP contribution in [0.25, 0.3) is 10.2 Å². The van der Waals surface area contributed by atoms with E-state index in [0.717, 1.165) is 16.0 Å². The average molecular weight is 211 g/mol. The van der Waals surface area contributed by atoms with Crippen molar-refractivity contribution < 1.29 is 9.90 Å². The molecule has 0 saturated heterocycles. The van der Waals surface area contributed by atoms with E-state index in [9.17, 15) is 4.79 Å². The van der Waals surface area contributed by atoms with Crippen molar-refractivity contribution in [3.8, 4) is 0 Å². The number of carboxylic acid groups (broad SMARTS) is 1. The van der Waals surface area contributed by atoms with Gasteiger partial charge in [0.25, 0.3) is 0 Å². The van der Waals surface area contributed by atoms with E-state index >= 15 is 0 Å². The number of aromatic carboxylic acids is 1. The zero-order valence-electron chi connectivity index (χ0n) is 6.39. The number of rotatable bonds is 1. The Balaban J connectivity index is 2.75. The van der Waals surface area contributed by atoms with Crippen LogP contribution in [0.4, 0.5) is 0 Å². The Hall–Kier alpha value is -1.07. The maximum absolute atomic E-state index is 10.6. The largest absolute Gasteiger partial charge is 0.476 e. The molecule has 0 bridgehead atoms. The SMILES string of the molecule is O=C(O)c1nc2c(S)cccc2s1. The number of hydrogen-bond donors (Lipinski definition) is 2. The molecule has 1 aromatic carbocycles. The van der Waals surface area contributed by atoms with Gasteiger partial charge in [0.2, 0.25) is 5.01 Å². The van der Waals surface area contributed by atoms with Crippen molar-refractivity contribution in [1.82, 2.24) is 4.98 Å². The highest BCUT2D eigenvalue weighted by Gasteiger charge is 2.11. The summed E-state index contributed by atoms with van der Waals surface area (Å²) in [4.78, 5) is 15.3. The molecule has 0 aliphatic carbocycles. The molecule has 2 aromatic rings. The first-order valence-electron chi connectivity index (χ1n) is 3.50. The summed E-state index contributed by atoms with van der Waals surface area (Å²) in [6.07, 6.45) is 0. The summed E-state index contributed by atoms with van der Waals surface area (Å²) in [5, 5.41) is 8.81. The molecule has 0 aliphatic rings. The molecule has 0 aliphatic heterocycles. The first-order valence-corrected chi connectivity index (χ1v) is 4.76. The van der Waals surface area contributed by atoms with E-state index in [0.29, 0.717) is 10.4 Å². The lowest BCUT2D eigenvalue weighted by molar-refractivity contribution is 0.0696. The first kappa shape index (κ1) is 8.52. The third-order valence-corrected chi connectivity index (χ3v) is 2.95. The van der Waals surface area contributed by atoms with Crippen LogP contribution in [-0.4, -0.2) is 16.1 Å². The molecule has 66 valence electrons. The zero-order chi connectivity index (χ0) is 9.42. The van der Waals surface area contributed by atoms with E-state index in [2.05, 4.69) is 17.6 Å². The second-order valence-corrected chi connectivity index (χ2v) is 3.96. The smallest absolute Gasteiger partial charge is 0.365 e. The summed E-state index contributed by atoms with van der Waals surface area (Å²) in [6.45, 7) is 0. The molecule has 0 fully saturated rings. The van der Waals surface area contributed by atoms with E-state index in [1.54, 1.807) is 6.07 Å². The average Bonchev–Trinajstić information content (AvgIpc) is 2.49. The standard InChI is InChI=1S/C8H5NO2S2/c10-8(11)7-9-6-4(12)2-1-3-5(6)13-7/h1-3,12H,(H,10,11). The van der Waals surface area contributed by atoms with Crippen molar-refractivity contribution in [2.24, 2.45) is 0 Å². The van der Waals surface area contributed by atoms with Crippen molar-refractivity contribution in [3.63, 3.8) is 0 Å². The van der Waals surface area contributed by atoms with Gasteiger partial charge in [0, 0.05) is 4.90 Å². The number of aromatic nitrogens is 1. The van der Waals surface area contributed by atoms with Crippen molar-refractivity contribution in [1.29, 1.82) is 0 Å². The second kappa shape index (κ2) is 3.01. The van der Waals surface area contributed by atoms with Gasteiger partial charge in [0.1, 0.15) is 0 Å². The van der Waals surface area contributed by atoms with Crippen LogP contribution in [0.1, 0.15) is 9.80 Å². The van der Waals surface area contributed by atoms with Crippen LogP contribution in [0.5, 0.6) is 0 Å². The third-order valence-electron chi connectivity index (χ3n) is 1.58. The fourth-order valence-electron chi connectivity index (χ4n) is 1.03. The molecule has 1 N–H and O–H groups in total. The molecular formula is C8H5NO2S2. The molecule has 0 amide bonds. The first-order chi connectivity index (χ1) is 6.18. The monoisotopic (exact) mass is 211 g/mol. The number of thiazole rings is 1. The van der Waals surface area contributed by atoms with Gasteiger partial charge in [0.05, 0.1) is 10.2 Å². The Kier molecular flexibility index (Phi) is 1.97. The number of fused-ring (bicyclic) bond motifs is 1. The second-order valence-electron chi connectivity index (χ2n) is 2.45. The summed E-state index contributed by atoms with van der Waals surface area (Å²) < 4.78 is 0.852. The van der Waals surface area contributed by atoms with Crippen LogP contribution < -0.4 is 0 Å². The van der Waals surface area contributed by atoms with Crippen LogP contribution in [0.3, 0.4) is 0 Å². The number of hydrogen-bond acceptors (Lipinski definition) is 4. The minimum atomic E-state index is -0.992. The van der Waals surface area contributed by atoms with Crippen LogP contribution in [0.15, 0.2) is 23.1 Å². The fourth-order valence-corrected chi connectivity index (χ4v) is 2.19. The van der Waals surface area contributed by atoms with Gasteiger partial charge < -0.3 is 5.11 Å². The maximum Gasteiger partial charge on any atom is 0.365 e. The number of thiol groups is 1. The summed E-state index contributed by atoms with van der Waals surface area (Å²) in [7, 11) is 0. The Morgan fingerprint density at radius 3 is 2.92 bits per heavy atom. The van der Waals surface area contributed by atoms with Gasteiger partial charge in [-0.3, -0.25) is 0 Å². The summed E-state index contributed by atoms with van der Waals surface area (Å²) in [5.74, 6) is -0.992. The van der Waals surface area contributed by atoms with Gasteiger partial charge in [-0.25, -0.2) is 9.78 Å². The number of carboxylic acids is 1. The highest BCUT2D eigenvalue weighted by atomic mass is 32.1. The van der Waals surface area contributed by atoms with E-state index in [4.69, 9.17) is 5.11 Å². The number of para-hydroxylation sites is 1. The zero-order valence-corrected chi connectivity index (χ0v) is 8.10. The Morgan fingerprint density at radius 2 is 2.31 bits per heavy atom. The predicted molar refractivity (Wildman–Crippen MR) is 53.8 cm³/mol. The molecule has 1 heterocycles. The van der Waals surface area contributed by atoms with Crippen molar-refractivity contribution in [3.05, 3.63) is 23.2 Å². The van der Waals surface area contributed by atoms with Gasteiger partial charge in [-0.15, -0.1) is 24.0 Å². The summed E-state index contributed by atoms with van der Waals surface area (Å²) in [5.41, 5.74) is 0.660. The number of benzene rings is 1. The van der Waals surface area contributed by atoms with Crippen molar-refractivity contribution in [2.75, 3.05) is 0 Å². The van der Waals surface area contributed by atoms with Crippen LogP contribution in [0, 0.1) is 0 Å². The highest BCUT2D eigenvalue weighted by molar-refractivity contribution is 7.80. The van der Waals surface area contributed by atoms with E-state index in [1.165, 1.54) is 0 Å². The molecule has 2 rings (SSSR count). The number of nitrogens with zero attached hydrogens (tertiary/aromatic N) is 1. The molecule has 3 nitrogen and oxygen atoms in total. The Morgan fingerprint density at radius 1 is 1.54 bits per heavy atom. The van der Waals surface area contributed by atoms with Gasteiger partial charge in [-0.05, 0) is 12.1 Å². The van der Waals surface area contributed by atoms with Crippen LogP contribution in [-0.2, 0) is 0 Å². The van der Waals surface area contributed by atoms with Crippen LogP contribution in [0.2, 0.25) is 0 Å². The molecule has 0 saturated carbocycles. The lowest BCUT2D eigenvalue weighted by Crippen LogP contribution is -1.93. The van der Waals surface area contributed by atoms with Gasteiger partial charge in [-0.1, -0.05) is 6.07 Å². The molecule has 1 aromatic heterocycles. The molecule has 0 spiro atoms. The summed E-state index contributed by atoms with van der Waals surface area (Å²) in [6, 6.07) is 5.45. The molecule has 5 heteroatoms. The Labute approximate surface area is 83.4 Å². The topological polar surface area (TPSA) is 50.2 Å². The quantitative estimate of drug-likeness (QED) is 0.711. The van der Waals surface area contributed by atoms with Gasteiger partial charge in [0.15, 0.2) is 0 Å². The minimum absolute atomic E-state index is 0.108. The molecular weight excluding hydrogens is 206 g/mol.